The minimum Gasteiger partial charge on any atom is -0.381 e. The molecule has 2 aromatic rings. The molecule has 1 aromatic carbocycles. The highest BCUT2D eigenvalue weighted by atomic mass is 79.9. The van der Waals surface area contributed by atoms with Gasteiger partial charge in [-0.3, -0.25) is 0 Å². The molecule has 0 aliphatic carbocycles. The maximum absolute atomic E-state index is 11.3. The van der Waals surface area contributed by atoms with E-state index in [0.717, 1.165) is 11.1 Å². The summed E-state index contributed by atoms with van der Waals surface area (Å²) in [6.07, 6.45) is 1.53. The second kappa shape index (κ2) is 4.87. The lowest BCUT2D eigenvalue weighted by molar-refractivity contribution is 0.597. The number of aromatic nitrogens is 2. The lowest BCUT2D eigenvalue weighted by Gasteiger charge is -2.08. The molecule has 4 N–H and O–H groups in total. The summed E-state index contributed by atoms with van der Waals surface area (Å²) in [4.78, 5) is 8.30. The molecule has 0 radical (unpaired) electrons. The Balaban J connectivity index is 2.55. The number of rotatable bonds is 2. The van der Waals surface area contributed by atoms with Crippen molar-refractivity contribution in [3.63, 3.8) is 0 Å². The van der Waals surface area contributed by atoms with Gasteiger partial charge in [-0.25, -0.2) is 23.5 Å². The van der Waals surface area contributed by atoms with Crippen LogP contribution in [0.15, 0.2) is 33.9 Å². The third kappa shape index (κ3) is 2.91. The minimum absolute atomic E-state index is 0.0659. The zero-order valence-corrected chi connectivity index (χ0v) is 12.4. The fourth-order valence-corrected chi connectivity index (χ4v) is 2.50. The average Bonchev–Trinajstić information content (AvgIpc) is 2.31. The Morgan fingerprint density at radius 2 is 2.00 bits per heavy atom. The van der Waals surface area contributed by atoms with Gasteiger partial charge >= 0.3 is 0 Å². The Kier molecular flexibility index (Phi) is 3.57. The number of primary sulfonamides is 1. The van der Waals surface area contributed by atoms with E-state index in [2.05, 4.69) is 25.9 Å². The van der Waals surface area contributed by atoms with Gasteiger partial charge in [0.05, 0.1) is 16.8 Å². The number of nitrogens with two attached hydrogens (primary N) is 2. The molecule has 0 bridgehead atoms. The summed E-state index contributed by atoms with van der Waals surface area (Å²) in [5.74, 6) is 0.294. The summed E-state index contributed by atoms with van der Waals surface area (Å²) >= 11 is 3.20. The van der Waals surface area contributed by atoms with Crippen molar-refractivity contribution < 1.29 is 8.42 Å². The van der Waals surface area contributed by atoms with E-state index in [-0.39, 0.29) is 4.90 Å². The summed E-state index contributed by atoms with van der Waals surface area (Å²) in [5, 5.41) is 5.08. The van der Waals surface area contributed by atoms with Crippen LogP contribution in [0.3, 0.4) is 0 Å². The molecule has 0 amide bonds. The summed E-state index contributed by atoms with van der Waals surface area (Å²) in [6.45, 7) is 1.77. The van der Waals surface area contributed by atoms with Crippen molar-refractivity contribution in [3.8, 4) is 11.3 Å². The Bertz CT molecular complexity index is 746. The summed E-state index contributed by atoms with van der Waals surface area (Å²) < 4.78 is 23.0. The van der Waals surface area contributed by atoms with Crippen molar-refractivity contribution in [3.05, 3.63) is 34.6 Å². The third-order valence-electron chi connectivity index (χ3n) is 2.56. The number of benzene rings is 1. The minimum atomic E-state index is -3.70. The zero-order chi connectivity index (χ0) is 14.2. The second-order valence-electron chi connectivity index (χ2n) is 3.95. The molecule has 0 fully saturated rings. The maximum atomic E-state index is 11.3. The third-order valence-corrected chi connectivity index (χ3v) is 4.05. The van der Waals surface area contributed by atoms with Crippen LogP contribution in [-0.4, -0.2) is 18.4 Å². The van der Waals surface area contributed by atoms with Gasteiger partial charge in [0.25, 0.3) is 0 Å². The lowest BCUT2D eigenvalue weighted by atomic mass is 10.1. The molecular weight excluding hydrogens is 332 g/mol. The highest BCUT2D eigenvalue weighted by Gasteiger charge is 2.12. The van der Waals surface area contributed by atoms with Crippen LogP contribution in [-0.2, 0) is 10.0 Å². The molecule has 0 atom stereocenters. The molecule has 100 valence electrons. The number of nitrogens with zero attached hydrogens (tertiary/aromatic N) is 2. The highest BCUT2D eigenvalue weighted by molar-refractivity contribution is 9.10. The monoisotopic (exact) mass is 342 g/mol. The van der Waals surface area contributed by atoms with Crippen molar-refractivity contribution in [2.75, 3.05) is 5.73 Å². The first-order chi connectivity index (χ1) is 8.79. The van der Waals surface area contributed by atoms with E-state index < -0.39 is 10.0 Å². The van der Waals surface area contributed by atoms with Gasteiger partial charge in [0.15, 0.2) is 5.82 Å². The lowest BCUT2D eigenvalue weighted by Crippen LogP contribution is -2.12. The number of aryl methyl sites for hydroxylation is 1. The number of hydrogen-bond acceptors (Lipinski definition) is 5. The molecule has 8 heteroatoms. The smallest absolute Gasteiger partial charge is 0.238 e. The topological polar surface area (TPSA) is 112 Å². The first kappa shape index (κ1) is 13.9. The van der Waals surface area contributed by atoms with Gasteiger partial charge in [0.2, 0.25) is 10.0 Å². The molecule has 0 aliphatic rings. The van der Waals surface area contributed by atoms with Gasteiger partial charge in [-0.1, -0.05) is 6.07 Å². The highest BCUT2D eigenvalue weighted by Crippen LogP contribution is 2.25. The number of halogens is 1. The first-order valence-electron chi connectivity index (χ1n) is 5.21. The second-order valence-corrected chi connectivity index (χ2v) is 6.27. The van der Waals surface area contributed by atoms with E-state index in [4.69, 9.17) is 10.9 Å². The summed E-state index contributed by atoms with van der Waals surface area (Å²) in [5.41, 5.74) is 7.66. The van der Waals surface area contributed by atoms with Gasteiger partial charge in [0.1, 0.15) is 4.60 Å². The average molecular weight is 343 g/mol. The van der Waals surface area contributed by atoms with Gasteiger partial charge in [-0.2, -0.15) is 0 Å². The van der Waals surface area contributed by atoms with Crippen LogP contribution >= 0.6 is 15.9 Å². The maximum Gasteiger partial charge on any atom is 0.238 e. The molecule has 0 aliphatic heterocycles. The zero-order valence-electron chi connectivity index (χ0n) is 9.96. The predicted octanol–water partition coefficient (Wildman–Crippen LogP) is 1.44. The molecule has 1 aromatic heterocycles. The SMILES string of the molecule is Cc1cc(S(N)(=O)=O)ccc1-c1cnc(N)c(Br)n1. The fourth-order valence-electron chi connectivity index (χ4n) is 1.61. The Morgan fingerprint density at radius 3 is 2.53 bits per heavy atom. The molecule has 6 nitrogen and oxygen atoms in total. The van der Waals surface area contributed by atoms with Crippen LogP contribution in [0.2, 0.25) is 0 Å². The molecule has 0 spiro atoms. The van der Waals surface area contributed by atoms with Gasteiger partial charge in [-0.05, 0) is 40.5 Å². The summed E-state index contributed by atoms with van der Waals surface area (Å²) in [7, 11) is -3.70. The van der Waals surface area contributed by atoms with E-state index in [9.17, 15) is 8.42 Å². The predicted molar refractivity (Wildman–Crippen MR) is 75.7 cm³/mol. The van der Waals surface area contributed by atoms with Crippen LogP contribution in [0.4, 0.5) is 5.82 Å². The number of sulfonamides is 1. The molecule has 2 rings (SSSR count). The van der Waals surface area contributed by atoms with E-state index in [1.54, 1.807) is 13.0 Å². The molecular formula is C11H11BrN4O2S. The molecule has 0 unspecified atom stereocenters. The number of hydrogen-bond donors (Lipinski definition) is 2. The van der Waals surface area contributed by atoms with Gasteiger partial charge in [-0.15, -0.1) is 0 Å². The van der Waals surface area contributed by atoms with E-state index >= 15 is 0 Å². The largest absolute Gasteiger partial charge is 0.381 e. The van der Waals surface area contributed by atoms with Crippen molar-refractivity contribution in [2.45, 2.75) is 11.8 Å². The standard InChI is InChI=1S/C11H11BrN4O2S/c1-6-4-7(19(14,17)18)2-3-8(6)9-5-15-11(13)10(12)16-9/h2-5H,1H3,(H2,13,15)(H2,14,17,18). The van der Waals surface area contributed by atoms with E-state index in [0.29, 0.717) is 16.1 Å². The molecule has 0 saturated heterocycles. The van der Waals surface area contributed by atoms with Crippen LogP contribution < -0.4 is 10.9 Å². The van der Waals surface area contributed by atoms with Gasteiger partial charge in [0, 0.05) is 5.56 Å². The quantitative estimate of drug-likeness (QED) is 0.857. The number of nitrogen functional groups attached to an aromatic ring is 1. The van der Waals surface area contributed by atoms with Crippen molar-refractivity contribution >= 4 is 31.8 Å². The molecule has 1 heterocycles. The summed E-state index contributed by atoms with van der Waals surface area (Å²) in [6, 6.07) is 4.57. The van der Waals surface area contributed by atoms with Crippen molar-refractivity contribution in [2.24, 2.45) is 5.14 Å². The number of anilines is 1. The van der Waals surface area contributed by atoms with Crippen LogP contribution in [0.25, 0.3) is 11.3 Å². The van der Waals surface area contributed by atoms with E-state index in [1.165, 1.54) is 18.3 Å². The normalized spacial score (nSPS) is 11.5. The fraction of sp³-hybridized carbons (Fsp3) is 0.0909. The first-order valence-corrected chi connectivity index (χ1v) is 7.55. The van der Waals surface area contributed by atoms with Crippen molar-refractivity contribution in [1.82, 2.24) is 9.97 Å². The molecule has 0 saturated carbocycles. The Morgan fingerprint density at radius 1 is 1.32 bits per heavy atom. The van der Waals surface area contributed by atoms with Gasteiger partial charge < -0.3 is 5.73 Å². The molecule has 19 heavy (non-hydrogen) atoms. The van der Waals surface area contributed by atoms with Crippen molar-refractivity contribution in [1.29, 1.82) is 0 Å². The van der Waals surface area contributed by atoms with Crippen LogP contribution in [0.1, 0.15) is 5.56 Å². The van der Waals surface area contributed by atoms with Crippen LogP contribution in [0, 0.1) is 6.92 Å². The van der Waals surface area contributed by atoms with E-state index in [1.807, 2.05) is 0 Å². The Hall–Kier alpha value is -1.51. The van der Waals surface area contributed by atoms with Crippen LogP contribution in [0.5, 0.6) is 0 Å². The Labute approximate surface area is 119 Å².